The summed E-state index contributed by atoms with van der Waals surface area (Å²) in [6, 6.07) is 6.93. The molecule has 1 aromatic carbocycles. The first kappa shape index (κ1) is 14.6. The fraction of sp³-hybridized carbons (Fsp3) is 0.500. The largest absolute Gasteiger partial charge is 0.342 e. The van der Waals surface area contributed by atoms with Crippen LogP contribution in [0.5, 0.6) is 0 Å². The smallest absolute Gasteiger partial charge is 0.250 e. The van der Waals surface area contributed by atoms with Gasteiger partial charge in [-0.25, -0.2) is 0 Å². The average molecular weight is 274 g/mol. The first-order valence-corrected chi connectivity index (χ1v) is 7.29. The minimum Gasteiger partial charge on any atom is -0.342 e. The van der Waals surface area contributed by atoms with Crippen molar-refractivity contribution in [1.29, 1.82) is 0 Å². The van der Waals surface area contributed by atoms with Crippen LogP contribution in [0.3, 0.4) is 0 Å². The molecule has 1 saturated heterocycles. The highest BCUT2D eigenvalue weighted by atomic mass is 16.2. The highest BCUT2D eigenvalue weighted by Crippen LogP contribution is 2.27. The van der Waals surface area contributed by atoms with E-state index in [1.807, 2.05) is 45.0 Å². The van der Waals surface area contributed by atoms with Crippen LogP contribution in [0.15, 0.2) is 24.3 Å². The zero-order chi connectivity index (χ0) is 14.7. The second-order valence-corrected chi connectivity index (χ2v) is 5.27. The van der Waals surface area contributed by atoms with Crippen molar-refractivity contribution < 1.29 is 9.59 Å². The molecule has 20 heavy (non-hydrogen) atoms. The molecule has 2 unspecified atom stereocenters. The van der Waals surface area contributed by atoms with Crippen molar-refractivity contribution in [3.05, 3.63) is 29.8 Å². The second-order valence-electron chi connectivity index (χ2n) is 5.27. The predicted molar refractivity (Wildman–Crippen MR) is 79.6 cm³/mol. The van der Waals surface area contributed by atoms with Gasteiger partial charge in [-0.3, -0.25) is 14.5 Å². The normalized spacial score (nSPS) is 22.9. The fourth-order valence-electron chi connectivity index (χ4n) is 2.74. The van der Waals surface area contributed by atoms with Gasteiger partial charge < -0.3 is 5.32 Å². The van der Waals surface area contributed by atoms with Crippen LogP contribution in [0.4, 0.5) is 5.69 Å². The van der Waals surface area contributed by atoms with Crippen LogP contribution in [0.25, 0.3) is 0 Å². The Labute approximate surface area is 120 Å². The van der Waals surface area contributed by atoms with Gasteiger partial charge >= 0.3 is 0 Å². The van der Waals surface area contributed by atoms with Gasteiger partial charge in [0.15, 0.2) is 0 Å². The number of aryl methyl sites for hydroxylation is 1. The molecule has 2 rings (SSSR count). The summed E-state index contributed by atoms with van der Waals surface area (Å²) in [6.07, 6.45) is 2.17. The Kier molecular flexibility index (Phi) is 4.42. The molecule has 4 heteroatoms. The molecule has 0 bridgehead atoms. The number of hydrogen-bond acceptors (Lipinski definition) is 2. The molecule has 4 nitrogen and oxygen atoms in total. The Hall–Kier alpha value is -1.84. The number of carbonyl (C=O) groups is 2. The molecule has 1 aliphatic rings. The van der Waals surface area contributed by atoms with Crippen LogP contribution >= 0.6 is 0 Å². The number of hydrogen-bond donors (Lipinski definition) is 1. The fourth-order valence-corrected chi connectivity index (χ4v) is 2.74. The summed E-state index contributed by atoms with van der Waals surface area (Å²) in [5.41, 5.74) is 1.87. The zero-order valence-corrected chi connectivity index (χ0v) is 12.3. The number of benzene rings is 1. The molecule has 1 aromatic rings. The van der Waals surface area contributed by atoms with E-state index in [9.17, 15) is 9.59 Å². The first-order chi connectivity index (χ1) is 9.60. The Morgan fingerprint density at radius 2 is 1.90 bits per heavy atom. The lowest BCUT2D eigenvalue weighted by Gasteiger charge is -2.39. The van der Waals surface area contributed by atoms with Crippen LogP contribution in [0, 0.1) is 6.92 Å². The van der Waals surface area contributed by atoms with Gasteiger partial charge in [-0.15, -0.1) is 0 Å². The maximum absolute atomic E-state index is 12.7. The molecule has 0 radical (unpaired) electrons. The number of rotatable bonds is 4. The maximum atomic E-state index is 12.7. The zero-order valence-electron chi connectivity index (χ0n) is 12.3. The van der Waals surface area contributed by atoms with Gasteiger partial charge in [-0.1, -0.05) is 38.5 Å². The third-order valence-corrected chi connectivity index (χ3v) is 3.81. The summed E-state index contributed by atoms with van der Waals surface area (Å²) in [5.74, 6) is -0.0404. The van der Waals surface area contributed by atoms with Crippen LogP contribution in [-0.4, -0.2) is 23.9 Å². The van der Waals surface area contributed by atoms with E-state index < -0.39 is 12.1 Å². The minimum absolute atomic E-state index is 0.00704. The number of para-hydroxylation sites is 1. The Balaban J connectivity index is 2.41. The van der Waals surface area contributed by atoms with E-state index in [0.29, 0.717) is 12.8 Å². The van der Waals surface area contributed by atoms with E-state index in [2.05, 4.69) is 5.32 Å². The van der Waals surface area contributed by atoms with Crippen molar-refractivity contribution in [3.8, 4) is 0 Å². The predicted octanol–water partition coefficient (Wildman–Crippen LogP) is 2.41. The lowest BCUT2D eigenvalue weighted by Crippen LogP contribution is -2.63. The third-order valence-electron chi connectivity index (χ3n) is 3.81. The summed E-state index contributed by atoms with van der Waals surface area (Å²) in [5, 5.41) is 2.86. The molecule has 0 spiro atoms. The number of nitrogens with one attached hydrogen (secondary N) is 1. The molecule has 2 amide bonds. The van der Waals surface area contributed by atoms with E-state index in [-0.39, 0.29) is 11.8 Å². The van der Waals surface area contributed by atoms with E-state index in [1.54, 1.807) is 4.90 Å². The van der Waals surface area contributed by atoms with Crippen molar-refractivity contribution in [1.82, 2.24) is 5.32 Å². The molecule has 1 aliphatic heterocycles. The van der Waals surface area contributed by atoms with Crippen molar-refractivity contribution in [2.45, 2.75) is 52.1 Å². The third kappa shape index (κ3) is 2.55. The van der Waals surface area contributed by atoms with E-state index >= 15 is 0 Å². The van der Waals surface area contributed by atoms with Gasteiger partial charge in [0.2, 0.25) is 11.8 Å². The van der Waals surface area contributed by atoms with Crippen molar-refractivity contribution >= 4 is 17.5 Å². The topological polar surface area (TPSA) is 49.4 Å². The molecular weight excluding hydrogens is 252 g/mol. The standard InChI is InChI=1S/C16H22N2O2/c1-4-8-12-16(20)18(13(5-2)15(19)17-12)14-10-7-6-9-11(14)3/h6-7,9-10,12-13H,4-5,8H2,1-3H3,(H,17,19). The number of carbonyl (C=O) groups excluding carboxylic acids is 2. The number of nitrogens with zero attached hydrogens (tertiary/aromatic N) is 1. The van der Waals surface area contributed by atoms with E-state index in [1.165, 1.54) is 0 Å². The summed E-state index contributed by atoms with van der Waals surface area (Å²) in [4.78, 5) is 26.6. The maximum Gasteiger partial charge on any atom is 0.250 e. The van der Waals surface area contributed by atoms with Crippen molar-refractivity contribution in [2.24, 2.45) is 0 Å². The SMILES string of the molecule is CCCC1NC(=O)C(CC)N(c2ccccc2C)C1=O. The van der Waals surface area contributed by atoms with Gasteiger partial charge in [-0.2, -0.15) is 0 Å². The summed E-state index contributed by atoms with van der Waals surface area (Å²) < 4.78 is 0. The Bertz CT molecular complexity index is 513. The second kappa shape index (κ2) is 6.07. The monoisotopic (exact) mass is 274 g/mol. The van der Waals surface area contributed by atoms with Gasteiger partial charge in [0.1, 0.15) is 12.1 Å². The molecular formula is C16H22N2O2. The van der Waals surface area contributed by atoms with Crippen LogP contribution in [0.1, 0.15) is 38.7 Å². The molecule has 1 fully saturated rings. The molecule has 1 heterocycles. The van der Waals surface area contributed by atoms with Crippen molar-refractivity contribution in [2.75, 3.05) is 4.90 Å². The number of anilines is 1. The molecule has 1 N–H and O–H groups in total. The molecule has 0 aliphatic carbocycles. The summed E-state index contributed by atoms with van der Waals surface area (Å²) >= 11 is 0. The van der Waals surface area contributed by atoms with E-state index in [0.717, 1.165) is 17.7 Å². The van der Waals surface area contributed by atoms with Gasteiger partial charge in [0.05, 0.1) is 0 Å². The van der Waals surface area contributed by atoms with E-state index in [4.69, 9.17) is 0 Å². The molecule has 108 valence electrons. The highest BCUT2D eigenvalue weighted by molar-refractivity contribution is 6.08. The lowest BCUT2D eigenvalue weighted by atomic mass is 10.00. The molecule has 0 saturated carbocycles. The number of amides is 2. The number of piperazine rings is 1. The van der Waals surface area contributed by atoms with Crippen LogP contribution in [-0.2, 0) is 9.59 Å². The van der Waals surface area contributed by atoms with Crippen LogP contribution in [0.2, 0.25) is 0 Å². The van der Waals surface area contributed by atoms with Crippen LogP contribution < -0.4 is 10.2 Å². The Morgan fingerprint density at radius 3 is 2.50 bits per heavy atom. The molecule has 2 atom stereocenters. The average Bonchev–Trinajstić information content (AvgIpc) is 2.43. The summed E-state index contributed by atoms with van der Waals surface area (Å²) in [6.45, 7) is 5.92. The van der Waals surface area contributed by atoms with Gasteiger partial charge in [-0.05, 0) is 31.4 Å². The summed E-state index contributed by atoms with van der Waals surface area (Å²) in [7, 11) is 0. The first-order valence-electron chi connectivity index (χ1n) is 7.29. The Morgan fingerprint density at radius 1 is 1.20 bits per heavy atom. The van der Waals surface area contributed by atoms with Gasteiger partial charge in [0, 0.05) is 5.69 Å². The van der Waals surface area contributed by atoms with Gasteiger partial charge in [0.25, 0.3) is 0 Å². The minimum atomic E-state index is -0.406. The quantitative estimate of drug-likeness (QED) is 0.916. The molecule has 0 aromatic heterocycles. The van der Waals surface area contributed by atoms with Crippen molar-refractivity contribution in [3.63, 3.8) is 0 Å². The highest BCUT2D eigenvalue weighted by Gasteiger charge is 2.40. The lowest BCUT2D eigenvalue weighted by molar-refractivity contribution is -0.134.